The van der Waals surface area contributed by atoms with Gasteiger partial charge in [-0.15, -0.1) is 0 Å². The largest absolute Gasteiger partial charge is 0.316 e. The van der Waals surface area contributed by atoms with Gasteiger partial charge in [0.2, 0.25) is 0 Å². The standard InChI is InChI=1S/C17H19ClN4OS2/c1-4-22-14(9-11(2)20-22)16(23)19-17-21(7-8-24-3)13-6-5-12(18)10-15(13)25-17/h5-6,9-10H,4,7-8H2,1-3H3. The summed E-state index contributed by atoms with van der Waals surface area (Å²) in [5.41, 5.74) is 2.39. The van der Waals surface area contributed by atoms with E-state index in [9.17, 15) is 4.79 Å². The molecule has 0 saturated heterocycles. The predicted octanol–water partition coefficient (Wildman–Crippen LogP) is 3.99. The normalized spacial score (nSPS) is 12.2. The molecule has 0 N–H and O–H groups in total. The highest BCUT2D eigenvalue weighted by molar-refractivity contribution is 7.98. The average molecular weight is 395 g/mol. The highest BCUT2D eigenvalue weighted by atomic mass is 35.5. The molecule has 0 radical (unpaired) electrons. The van der Waals surface area contributed by atoms with Gasteiger partial charge in [-0.2, -0.15) is 21.9 Å². The fourth-order valence-electron chi connectivity index (χ4n) is 2.63. The van der Waals surface area contributed by atoms with Gasteiger partial charge >= 0.3 is 0 Å². The Morgan fingerprint density at radius 2 is 2.20 bits per heavy atom. The van der Waals surface area contributed by atoms with E-state index >= 15 is 0 Å². The van der Waals surface area contributed by atoms with E-state index in [0.29, 0.717) is 22.1 Å². The van der Waals surface area contributed by atoms with Crippen molar-refractivity contribution in [3.63, 3.8) is 0 Å². The number of hydrogen-bond donors (Lipinski definition) is 0. The molecular weight excluding hydrogens is 376 g/mol. The number of thioether (sulfide) groups is 1. The van der Waals surface area contributed by atoms with Gasteiger partial charge in [0.15, 0.2) is 4.80 Å². The molecule has 0 aliphatic rings. The number of carbonyl (C=O) groups excluding carboxylic acids is 1. The van der Waals surface area contributed by atoms with Crippen LogP contribution in [0.1, 0.15) is 23.1 Å². The molecule has 0 aliphatic heterocycles. The van der Waals surface area contributed by atoms with Gasteiger partial charge in [-0.3, -0.25) is 9.48 Å². The zero-order valence-corrected chi connectivity index (χ0v) is 16.7. The Bertz CT molecular complexity index is 986. The number of carbonyl (C=O) groups is 1. The Kier molecular flexibility index (Phi) is 5.66. The molecule has 3 aromatic rings. The van der Waals surface area contributed by atoms with Crippen LogP contribution < -0.4 is 4.80 Å². The third-order valence-electron chi connectivity index (χ3n) is 3.78. The molecule has 1 amide bonds. The first kappa shape index (κ1) is 18.2. The molecule has 2 aromatic heterocycles. The summed E-state index contributed by atoms with van der Waals surface area (Å²) in [6.45, 7) is 5.27. The number of nitrogens with zero attached hydrogens (tertiary/aromatic N) is 4. The van der Waals surface area contributed by atoms with Crippen molar-refractivity contribution in [3.8, 4) is 0 Å². The molecule has 8 heteroatoms. The lowest BCUT2D eigenvalue weighted by atomic mass is 10.3. The molecule has 0 bridgehead atoms. The number of aromatic nitrogens is 3. The van der Waals surface area contributed by atoms with Crippen LogP contribution in [0.3, 0.4) is 0 Å². The van der Waals surface area contributed by atoms with E-state index in [1.54, 1.807) is 22.5 Å². The molecule has 0 saturated carbocycles. The summed E-state index contributed by atoms with van der Waals surface area (Å²) >= 11 is 9.36. The van der Waals surface area contributed by atoms with Crippen molar-refractivity contribution in [1.29, 1.82) is 0 Å². The van der Waals surface area contributed by atoms with Gasteiger partial charge in [0.1, 0.15) is 5.69 Å². The Morgan fingerprint density at radius 3 is 2.92 bits per heavy atom. The Morgan fingerprint density at radius 1 is 1.40 bits per heavy atom. The Balaban J connectivity index is 2.12. The van der Waals surface area contributed by atoms with E-state index in [2.05, 4.69) is 20.9 Å². The van der Waals surface area contributed by atoms with Crippen LogP contribution in [0.25, 0.3) is 10.2 Å². The smallest absolute Gasteiger partial charge is 0.297 e. The van der Waals surface area contributed by atoms with Gasteiger partial charge in [-0.25, -0.2) is 0 Å². The molecule has 0 aliphatic carbocycles. The number of fused-ring (bicyclic) bond motifs is 1. The Hall–Kier alpha value is -1.57. The minimum atomic E-state index is -0.266. The lowest BCUT2D eigenvalue weighted by molar-refractivity contribution is 0.0987. The molecule has 5 nitrogen and oxygen atoms in total. The van der Waals surface area contributed by atoms with Crippen molar-refractivity contribution in [2.75, 3.05) is 12.0 Å². The van der Waals surface area contributed by atoms with Crippen LogP contribution in [-0.2, 0) is 13.1 Å². The van der Waals surface area contributed by atoms with Crippen LogP contribution in [0.2, 0.25) is 5.02 Å². The summed E-state index contributed by atoms with van der Waals surface area (Å²) in [6.07, 6.45) is 2.07. The van der Waals surface area contributed by atoms with Crippen molar-refractivity contribution in [3.05, 3.63) is 45.5 Å². The lowest BCUT2D eigenvalue weighted by Crippen LogP contribution is -2.19. The summed E-state index contributed by atoms with van der Waals surface area (Å²) in [6, 6.07) is 7.55. The maximum Gasteiger partial charge on any atom is 0.297 e. The van der Waals surface area contributed by atoms with E-state index in [1.807, 2.05) is 32.0 Å². The number of rotatable bonds is 5. The summed E-state index contributed by atoms with van der Waals surface area (Å²) in [4.78, 5) is 17.8. The summed E-state index contributed by atoms with van der Waals surface area (Å²) in [7, 11) is 0. The van der Waals surface area contributed by atoms with E-state index in [-0.39, 0.29) is 5.91 Å². The number of aryl methyl sites for hydroxylation is 3. The predicted molar refractivity (Wildman–Crippen MR) is 106 cm³/mol. The lowest BCUT2D eigenvalue weighted by Gasteiger charge is -2.04. The van der Waals surface area contributed by atoms with E-state index in [0.717, 1.165) is 28.2 Å². The zero-order chi connectivity index (χ0) is 18.0. The van der Waals surface area contributed by atoms with E-state index < -0.39 is 0 Å². The van der Waals surface area contributed by atoms with Gasteiger partial charge in [0.25, 0.3) is 5.91 Å². The molecule has 0 unspecified atom stereocenters. The summed E-state index contributed by atoms with van der Waals surface area (Å²) < 4.78 is 4.81. The highest BCUT2D eigenvalue weighted by Crippen LogP contribution is 2.22. The quantitative estimate of drug-likeness (QED) is 0.657. The SMILES string of the molecule is CCn1nc(C)cc1C(=O)N=c1sc2cc(Cl)ccc2n1CCSC. The molecule has 0 spiro atoms. The van der Waals surface area contributed by atoms with Crippen LogP contribution in [0, 0.1) is 6.92 Å². The number of thiazole rings is 1. The number of halogens is 1. The van der Waals surface area contributed by atoms with E-state index in [1.165, 1.54) is 11.3 Å². The van der Waals surface area contributed by atoms with Crippen LogP contribution >= 0.6 is 34.7 Å². The maximum atomic E-state index is 12.7. The molecule has 2 heterocycles. The first-order valence-corrected chi connectivity index (χ1v) is 10.5. The molecule has 3 rings (SSSR count). The summed E-state index contributed by atoms with van der Waals surface area (Å²) in [5.74, 6) is 0.681. The van der Waals surface area contributed by atoms with Gasteiger partial charge in [-0.1, -0.05) is 22.9 Å². The number of benzene rings is 1. The fourth-order valence-corrected chi connectivity index (χ4v) is 4.33. The van der Waals surface area contributed by atoms with Gasteiger partial charge in [0.05, 0.1) is 15.9 Å². The first-order valence-electron chi connectivity index (χ1n) is 7.94. The van der Waals surface area contributed by atoms with Crippen LogP contribution in [0.4, 0.5) is 0 Å². The van der Waals surface area contributed by atoms with Crippen molar-refractivity contribution >= 4 is 50.8 Å². The second-order valence-corrected chi connectivity index (χ2v) is 7.98. The minimum Gasteiger partial charge on any atom is -0.316 e. The van der Waals surface area contributed by atoms with Crippen molar-refractivity contribution in [2.45, 2.75) is 26.9 Å². The fraction of sp³-hybridized carbons (Fsp3) is 0.353. The third-order valence-corrected chi connectivity index (χ3v) is 5.65. The summed E-state index contributed by atoms with van der Waals surface area (Å²) in [5, 5.41) is 5.01. The number of hydrogen-bond acceptors (Lipinski definition) is 4. The Labute approximate surface area is 159 Å². The van der Waals surface area contributed by atoms with Gasteiger partial charge < -0.3 is 4.57 Å². The van der Waals surface area contributed by atoms with E-state index in [4.69, 9.17) is 11.6 Å². The third kappa shape index (κ3) is 3.83. The van der Waals surface area contributed by atoms with Crippen LogP contribution in [0.5, 0.6) is 0 Å². The molecular formula is C17H19ClN4OS2. The second kappa shape index (κ2) is 7.76. The molecule has 132 valence electrons. The topological polar surface area (TPSA) is 52.2 Å². The molecule has 1 aromatic carbocycles. The van der Waals surface area contributed by atoms with Crippen molar-refractivity contribution in [2.24, 2.45) is 4.99 Å². The molecule has 0 atom stereocenters. The highest BCUT2D eigenvalue weighted by Gasteiger charge is 2.14. The maximum absolute atomic E-state index is 12.7. The number of amides is 1. The zero-order valence-electron chi connectivity index (χ0n) is 14.3. The minimum absolute atomic E-state index is 0.266. The average Bonchev–Trinajstić information content (AvgIpc) is 3.12. The van der Waals surface area contributed by atoms with Crippen molar-refractivity contribution < 1.29 is 4.79 Å². The van der Waals surface area contributed by atoms with Crippen LogP contribution in [-0.4, -0.2) is 32.3 Å². The second-order valence-electron chi connectivity index (χ2n) is 5.54. The molecule has 0 fully saturated rings. The van der Waals surface area contributed by atoms with Gasteiger partial charge in [0, 0.05) is 23.9 Å². The monoisotopic (exact) mass is 394 g/mol. The van der Waals surface area contributed by atoms with Crippen molar-refractivity contribution in [1.82, 2.24) is 14.3 Å². The molecule has 25 heavy (non-hydrogen) atoms. The van der Waals surface area contributed by atoms with Gasteiger partial charge in [-0.05, 0) is 44.4 Å². The first-order chi connectivity index (χ1) is 12.0. The van der Waals surface area contributed by atoms with Crippen LogP contribution in [0.15, 0.2) is 29.3 Å².